The fraction of sp³-hybridized carbons (Fsp3) is 0.375. The molecular weight excluding hydrogens is 286 g/mol. The van der Waals surface area contributed by atoms with E-state index in [1.807, 2.05) is 19.1 Å². The van der Waals surface area contributed by atoms with E-state index in [9.17, 15) is 0 Å². The van der Waals surface area contributed by atoms with E-state index in [2.05, 4.69) is 36.1 Å². The summed E-state index contributed by atoms with van der Waals surface area (Å²) in [6, 6.07) is 5.52. The lowest BCUT2D eigenvalue weighted by atomic mass is 10.1. The van der Waals surface area contributed by atoms with E-state index in [1.165, 1.54) is 0 Å². The zero-order chi connectivity index (χ0) is 15.5. The molecule has 4 nitrogen and oxygen atoms in total. The molecule has 2 rings (SSSR count). The number of halogens is 1. The largest absolute Gasteiger partial charge is 0.437 e. The van der Waals surface area contributed by atoms with Crippen LogP contribution in [0.25, 0.3) is 0 Å². The van der Waals surface area contributed by atoms with Crippen molar-refractivity contribution >= 4 is 11.6 Å². The maximum absolute atomic E-state index is 5.99. The van der Waals surface area contributed by atoms with Crippen LogP contribution in [0.2, 0.25) is 5.02 Å². The van der Waals surface area contributed by atoms with Crippen LogP contribution in [0.3, 0.4) is 0 Å². The van der Waals surface area contributed by atoms with Crippen molar-refractivity contribution in [2.24, 2.45) is 0 Å². The van der Waals surface area contributed by atoms with Crippen LogP contribution in [-0.4, -0.2) is 15.5 Å². The van der Waals surface area contributed by atoms with Crippen molar-refractivity contribution in [3.05, 3.63) is 46.9 Å². The Kier molecular flexibility index (Phi) is 4.80. The quantitative estimate of drug-likeness (QED) is 0.923. The van der Waals surface area contributed by atoms with Gasteiger partial charge in [-0.3, -0.25) is 4.98 Å². The summed E-state index contributed by atoms with van der Waals surface area (Å²) < 4.78 is 5.78. The molecule has 0 unspecified atom stereocenters. The predicted octanol–water partition coefficient (Wildman–Crippen LogP) is 4.12. The van der Waals surface area contributed by atoms with E-state index in [4.69, 9.17) is 16.3 Å². The third-order valence-corrected chi connectivity index (χ3v) is 3.06. The van der Waals surface area contributed by atoms with Gasteiger partial charge in [0.2, 0.25) is 5.88 Å². The molecule has 0 saturated heterocycles. The number of hydrogen-bond acceptors (Lipinski definition) is 4. The molecule has 0 amide bonds. The predicted molar refractivity (Wildman–Crippen MR) is 84.9 cm³/mol. The summed E-state index contributed by atoms with van der Waals surface area (Å²) in [6.07, 6.45) is 3.33. The Balaban J connectivity index is 2.12. The maximum atomic E-state index is 5.99. The fourth-order valence-electron chi connectivity index (χ4n) is 1.67. The first-order valence-corrected chi connectivity index (χ1v) is 7.21. The SMILES string of the molecule is Cc1ccc(Cl)cc1Oc1cncc(CNC(C)(C)C)n1. The van der Waals surface area contributed by atoms with Gasteiger partial charge in [0.05, 0.1) is 11.9 Å². The number of hydrogen-bond donors (Lipinski definition) is 1. The van der Waals surface area contributed by atoms with Gasteiger partial charge in [0.15, 0.2) is 0 Å². The summed E-state index contributed by atoms with van der Waals surface area (Å²) in [4.78, 5) is 8.62. The smallest absolute Gasteiger partial charge is 0.238 e. The second-order valence-corrected chi connectivity index (χ2v) is 6.40. The van der Waals surface area contributed by atoms with Crippen LogP contribution in [0.1, 0.15) is 32.0 Å². The number of aryl methyl sites for hydroxylation is 1. The highest BCUT2D eigenvalue weighted by Crippen LogP contribution is 2.26. The van der Waals surface area contributed by atoms with Crippen molar-refractivity contribution in [2.45, 2.75) is 39.8 Å². The number of aromatic nitrogens is 2. The van der Waals surface area contributed by atoms with Crippen molar-refractivity contribution < 1.29 is 4.74 Å². The standard InChI is InChI=1S/C16H20ClN3O/c1-11-5-6-12(17)7-14(11)21-15-10-18-8-13(20-15)9-19-16(2,3)4/h5-8,10,19H,9H2,1-4H3. The van der Waals surface area contributed by atoms with Crippen LogP contribution < -0.4 is 10.1 Å². The molecular formula is C16H20ClN3O. The van der Waals surface area contributed by atoms with Crippen molar-refractivity contribution in [3.8, 4) is 11.6 Å². The van der Waals surface area contributed by atoms with E-state index >= 15 is 0 Å². The lowest BCUT2D eigenvalue weighted by Crippen LogP contribution is -2.35. The van der Waals surface area contributed by atoms with Crippen LogP contribution in [-0.2, 0) is 6.54 Å². The van der Waals surface area contributed by atoms with Crippen LogP contribution in [0, 0.1) is 6.92 Å². The number of ether oxygens (including phenoxy) is 1. The van der Waals surface area contributed by atoms with Gasteiger partial charge in [0.1, 0.15) is 5.75 Å². The normalized spacial score (nSPS) is 11.5. The first kappa shape index (κ1) is 15.7. The van der Waals surface area contributed by atoms with Crippen molar-refractivity contribution in [1.29, 1.82) is 0 Å². The summed E-state index contributed by atoms with van der Waals surface area (Å²) in [5, 5.41) is 4.00. The van der Waals surface area contributed by atoms with Gasteiger partial charge in [-0.05, 0) is 45.4 Å². The Labute approximate surface area is 130 Å². The van der Waals surface area contributed by atoms with E-state index in [0.717, 1.165) is 11.3 Å². The molecule has 21 heavy (non-hydrogen) atoms. The Morgan fingerprint density at radius 2 is 2.00 bits per heavy atom. The molecule has 1 heterocycles. The second-order valence-electron chi connectivity index (χ2n) is 5.96. The Morgan fingerprint density at radius 1 is 1.24 bits per heavy atom. The zero-order valence-electron chi connectivity index (χ0n) is 12.8. The van der Waals surface area contributed by atoms with Crippen molar-refractivity contribution in [1.82, 2.24) is 15.3 Å². The molecule has 0 aliphatic rings. The molecule has 0 aliphatic heterocycles. The Bertz CT molecular complexity index is 623. The minimum atomic E-state index is 0.0298. The monoisotopic (exact) mass is 305 g/mol. The van der Waals surface area contributed by atoms with Gasteiger partial charge in [-0.15, -0.1) is 0 Å². The highest BCUT2D eigenvalue weighted by Gasteiger charge is 2.10. The van der Waals surface area contributed by atoms with E-state index < -0.39 is 0 Å². The average molecular weight is 306 g/mol. The molecule has 2 aromatic rings. The topological polar surface area (TPSA) is 47.0 Å². The Hall–Kier alpha value is -1.65. The molecule has 0 radical (unpaired) electrons. The lowest BCUT2D eigenvalue weighted by Gasteiger charge is -2.20. The maximum Gasteiger partial charge on any atom is 0.238 e. The molecule has 0 atom stereocenters. The summed E-state index contributed by atoms with van der Waals surface area (Å²) in [7, 11) is 0. The molecule has 1 aromatic heterocycles. The lowest BCUT2D eigenvalue weighted by molar-refractivity contribution is 0.414. The number of benzene rings is 1. The van der Waals surface area contributed by atoms with Gasteiger partial charge in [0.25, 0.3) is 0 Å². The number of rotatable bonds is 4. The first-order chi connectivity index (χ1) is 9.83. The van der Waals surface area contributed by atoms with Crippen LogP contribution in [0.5, 0.6) is 11.6 Å². The molecule has 0 fully saturated rings. The van der Waals surface area contributed by atoms with Crippen LogP contribution in [0.4, 0.5) is 0 Å². The number of nitrogens with one attached hydrogen (secondary N) is 1. The summed E-state index contributed by atoms with van der Waals surface area (Å²) >= 11 is 5.99. The van der Waals surface area contributed by atoms with Crippen molar-refractivity contribution in [2.75, 3.05) is 0 Å². The van der Waals surface area contributed by atoms with Crippen molar-refractivity contribution in [3.63, 3.8) is 0 Å². The third kappa shape index (κ3) is 4.99. The summed E-state index contributed by atoms with van der Waals surface area (Å²) in [5.41, 5.74) is 1.86. The van der Waals surface area contributed by atoms with Gasteiger partial charge < -0.3 is 10.1 Å². The van der Waals surface area contributed by atoms with Crippen LogP contribution in [0.15, 0.2) is 30.6 Å². The highest BCUT2D eigenvalue weighted by atomic mass is 35.5. The van der Waals surface area contributed by atoms with Gasteiger partial charge >= 0.3 is 0 Å². The summed E-state index contributed by atoms with van der Waals surface area (Å²) in [6.45, 7) is 8.93. The van der Waals surface area contributed by atoms with Gasteiger partial charge in [-0.25, -0.2) is 4.98 Å². The average Bonchev–Trinajstić information content (AvgIpc) is 2.40. The molecule has 0 saturated carbocycles. The second kappa shape index (κ2) is 6.41. The summed E-state index contributed by atoms with van der Waals surface area (Å²) in [5.74, 6) is 1.16. The molecule has 112 valence electrons. The minimum Gasteiger partial charge on any atom is -0.437 e. The molecule has 0 bridgehead atoms. The van der Waals surface area contributed by atoms with E-state index in [0.29, 0.717) is 23.2 Å². The molecule has 5 heteroatoms. The number of nitrogens with zero attached hydrogens (tertiary/aromatic N) is 2. The zero-order valence-corrected chi connectivity index (χ0v) is 13.5. The minimum absolute atomic E-state index is 0.0298. The van der Waals surface area contributed by atoms with Gasteiger partial charge in [-0.2, -0.15) is 0 Å². The third-order valence-electron chi connectivity index (χ3n) is 2.83. The molecule has 1 aromatic carbocycles. The first-order valence-electron chi connectivity index (χ1n) is 6.83. The molecule has 1 N–H and O–H groups in total. The van der Waals surface area contributed by atoms with E-state index in [1.54, 1.807) is 18.5 Å². The molecule has 0 aliphatic carbocycles. The highest BCUT2D eigenvalue weighted by molar-refractivity contribution is 6.30. The fourth-order valence-corrected chi connectivity index (χ4v) is 1.84. The van der Waals surface area contributed by atoms with E-state index in [-0.39, 0.29) is 5.54 Å². The van der Waals surface area contributed by atoms with Gasteiger partial charge in [0, 0.05) is 23.3 Å². The van der Waals surface area contributed by atoms with Crippen LogP contribution >= 0.6 is 11.6 Å². The van der Waals surface area contributed by atoms with Gasteiger partial charge in [-0.1, -0.05) is 17.7 Å². The molecule has 0 spiro atoms. The Morgan fingerprint density at radius 3 is 2.71 bits per heavy atom.